The van der Waals surface area contributed by atoms with Crippen molar-refractivity contribution in [1.82, 2.24) is 9.88 Å². The van der Waals surface area contributed by atoms with Gasteiger partial charge in [0.2, 0.25) is 0 Å². The van der Waals surface area contributed by atoms with Crippen LogP contribution in [0.3, 0.4) is 0 Å². The molecule has 1 saturated heterocycles. The summed E-state index contributed by atoms with van der Waals surface area (Å²) in [6.45, 7) is 3.04. The van der Waals surface area contributed by atoms with E-state index in [1.54, 1.807) is 6.20 Å². The summed E-state index contributed by atoms with van der Waals surface area (Å²) in [4.78, 5) is 16.9. The lowest BCUT2D eigenvalue weighted by molar-refractivity contribution is 0.0671. The third-order valence-corrected chi connectivity index (χ3v) is 3.55. The summed E-state index contributed by atoms with van der Waals surface area (Å²) in [7, 11) is 0. The van der Waals surface area contributed by atoms with E-state index < -0.39 is 6.09 Å². The van der Waals surface area contributed by atoms with Gasteiger partial charge in [-0.1, -0.05) is 11.6 Å². The highest BCUT2D eigenvalue weighted by molar-refractivity contribution is 6.30. The molecule has 18 heavy (non-hydrogen) atoms. The third-order valence-electron chi connectivity index (χ3n) is 3.16. The summed E-state index contributed by atoms with van der Waals surface area (Å²) in [5, 5.41) is 0.525. The van der Waals surface area contributed by atoms with Gasteiger partial charge in [0.1, 0.15) is 11.9 Å². The predicted octanol–water partition coefficient (Wildman–Crippen LogP) is 2.23. The molecule has 0 spiro atoms. The number of pyridine rings is 1. The maximum Gasteiger partial charge on any atom is 0.405 e. The molecule has 2 N–H and O–H groups in total. The number of hydrogen-bond donors (Lipinski definition) is 1. The molecule has 0 aliphatic carbocycles. The maximum atomic E-state index is 10.6. The number of rotatable bonds is 3. The Morgan fingerprint density at radius 1 is 1.72 bits per heavy atom. The fraction of sp³-hybridized carbons (Fsp3) is 0.500. The Morgan fingerprint density at radius 3 is 3.17 bits per heavy atom. The van der Waals surface area contributed by atoms with E-state index in [1.165, 1.54) is 0 Å². The number of ether oxygens (including phenoxy) is 1. The molecule has 2 heterocycles. The second-order valence-electron chi connectivity index (χ2n) is 4.44. The second-order valence-corrected chi connectivity index (χ2v) is 4.80. The molecular formula is C12H16ClN3O2. The summed E-state index contributed by atoms with van der Waals surface area (Å²) >= 11 is 5.92. The van der Waals surface area contributed by atoms with Crippen LogP contribution < -0.4 is 5.73 Å². The van der Waals surface area contributed by atoms with Crippen LogP contribution in [0.4, 0.5) is 4.79 Å². The van der Waals surface area contributed by atoms with Crippen molar-refractivity contribution in [1.29, 1.82) is 0 Å². The average molecular weight is 270 g/mol. The van der Waals surface area contributed by atoms with E-state index in [1.807, 2.05) is 13.0 Å². The van der Waals surface area contributed by atoms with Crippen molar-refractivity contribution in [3.8, 4) is 0 Å². The molecule has 1 aromatic rings. The van der Waals surface area contributed by atoms with Gasteiger partial charge in [-0.15, -0.1) is 0 Å². The predicted molar refractivity (Wildman–Crippen MR) is 68.2 cm³/mol. The van der Waals surface area contributed by atoms with Gasteiger partial charge in [-0.25, -0.2) is 9.78 Å². The lowest BCUT2D eigenvalue weighted by atomic mass is 10.1. The Balaban J connectivity index is 2.10. The minimum atomic E-state index is -0.744. The standard InChI is InChI=1S/C12H16ClN3O2/c1-8-5-9(6-15-11(8)13)10-3-2-4-16(10)7-18-12(14)17/h5-6,10H,2-4,7H2,1H3,(H2,14,17)/t10-/m0/s1. The first-order chi connectivity index (χ1) is 8.58. The average Bonchev–Trinajstić information content (AvgIpc) is 2.78. The monoisotopic (exact) mass is 269 g/mol. The number of primary amides is 1. The van der Waals surface area contributed by atoms with Crippen molar-refractivity contribution >= 4 is 17.7 Å². The molecule has 1 fully saturated rings. The summed E-state index contributed by atoms with van der Waals surface area (Å²) in [6.07, 6.45) is 3.12. The van der Waals surface area contributed by atoms with Crippen LogP contribution in [0, 0.1) is 6.92 Å². The van der Waals surface area contributed by atoms with Crippen LogP contribution in [0.15, 0.2) is 12.3 Å². The number of aromatic nitrogens is 1. The van der Waals surface area contributed by atoms with Gasteiger partial charge in [0.25, 0.3) is 0 Å². The van der Waals surface area contributed by atoms with E-state index in [-0.39, 0.29) is 12.8 Å². The van der Waals surface area contributed by atoms with Gasteiger partial charge in [-0.3, -0.25) is 4.90 Å². The normalized spacial score (nSPS) is 20.0. The number of likely N-dealkylation sites (tertiary alicyclic amines) is 1. The molecule has 1 amide bonds. The van der Waals surface area contributed by atoms with E-state index in [0.717, 1.165) is 30.5 Å². The second kappa shape index (κ2) is 5.54. The van der Waals surface area contributed by atoms with Gasteiger partial charge < -0.3 is 10.5 Å². The molecule has 1 atom stereocenters. The number of hydrogen-bond acceptors (Lipinski definition) is 4. The zero-order valence-electron chi connectivity index (χ0n) is 10.2. The number of amides is 1. The SMILES string of the molecule is Cc1cc([C@@H]2CCCN2COC(N)=O)cnc1Cl. The van der Waals surface area contributed by atoms with Gasteiger partial charge >= 0.3 is 6.09 Å². The van der Waals surface area contributed by atoms with Gasteiger partial charge in [-0.05, 0) is 37.0 Å². The topological polar surface area (TPSA) is 68.5 Å². The number of nitrogens with zero attached hydrogens (tertiary/aromatic N) is 2. The lowest BCUT2D eigenvalue weighted by Gasteiger charge is -2.23. The molecule has 1 aliphatic heterocycles. The summed E-state index contributed by atoms with van der Waals surface area (Å²) in [5.74, 6) is 0. The Bertz CT molecular complexity index is 453. The third kappa shape index (κ3) is 2.91. The zero-order valence-corrected chi connectivity index (χ0v) is 11.0. The zero-order chi connectivity index (χ0) is 13.1. The summed E-state index contributed by atoms with van der Waals surface area (Å²) < 4.78 is 4.85. The molecule has 0 saturated carbocycles. The number of nitrogens with two attached hydrogens (primary N) is 1. The van der Waals surface area contributed by atoms with E-state index in [0.29, 0.717) is 5.15 Å². The fourth-order valence-electron chi connectivity index (χ4n) is 2.27. The van der Waals surface area contributed by atoms with Crippen molar-refractivity contribution in [2.45, 2.75) is 25.8 Å². The molecular weight excluding hydrogens is 254 g/mol. The Kier molecular flexibility index (Phi) is 4.04. The first-order valence-electron chi connectivity index (χ1n) is 5.86. The highest BCUT2D eigenvalue weighted by Gasteiger charge is 2.27. The maximum absolute atomic E-state index is 10.6. The molecule has 98 valence electrons. The number of halogens is 1. The Hall–Kier alpha value is -1.33. The molecule has 5 nitrogen and oxygen atoms in total. The van der Waals surface area contributed by atoms with Crippen LogP contribution in [0.2, 0.25) is 5.15 Å². The molecule has 1 aromatic heterocycles. The minimum absolute atomic E-state index is 0.216. The highest BCUT2D eigenvalue weighted by atomic mass is 35.5. The van der Waals surface area contributed by atoms with Crippen LogP contribution in [0.1, 0.15) is 30.0 Å². The molecule has 6 heteroatoms. The van der Waals surface area contributed by atoms with Crippen molar-refractivity contribution in [3.63, 3.8) is 0 Å². The summed E-state index contributed by atoms with van der Waals surface area (Å²) in [6, 6.07) is 2.25. The van der Waals surface area contributed by atoms with Crippen LogP contribution in [-0.4, -0.2) is 29.3 Å². The van der Waals surface area contributed by atoms with E-state index in [9.17, 15) is 4.79 Å². The number of aryl methyl sites for hydroxylation is 1. The fourth-order valence-corrected chi connectivity index (χ4v) is 2.37. The number of carbonyl (C=O) groups is 1. The molecule has 0 unspecified atom stereocenters. The molecule has 0 radical (unpaired) electrons. The highest BCUT2D eigenvalue weighted by Crippen LogP contribution is 2.32. The van der Waals surface area contributed by atoms with Crippen LogP contribution in [0.5, 0.6) is 0 Å². The first-order valence-corrected chi connectivity index (χ1v) is 6.24. The molecule has 0 aromatic carbocycles. The Morgan fingerprint density at radius 2 is 2.50 bits per heavy atom. The molecule has 2 rings (SSSR count). The van der Waals surface area contributed by atoms with Crippen molar-refractivity contribution in [2.24, 2.45) is 5.73 Å². The smallest absolute Gasteiger partial charge is 0.405 e. The molecule has 1 aliphatic rings. The van der Waals surface area contributed by atoms with Gasteiger partial charge in [0.05, 0.1) is 0 Å². The Labute approximate surface area is 111 Å². The van der Waals surface area contributed by atoms with Crippen molar-refractivity contribution in [2.75, 3.05) is 13.3 Å². The largest absolute Gasteiger partial charge is 0.434 e. The first kappa shape index (κ1) is 13.1. The van der Waals surface area contributed by atoms with Crippen LogP contribution >= 0.6 is 11.6 Å². The van der Waals surface area contributed by atoms with Gasteiger partial charge in [-0.2, -0.15) is 0 Å². The van der Waals surface area contributed by atoms with E-state index in [2.05, 4.69) is 9.88 Å². The summed E-state index contributed by atoms with van der Waals surface area (Å²) in [5.41, 5.74) is 7.04. The number of carbonyl (C=O) groups excluding carboxylic acids is 1. The van der Waals surface area contributed by atoms with Crippen molar-refractivity contribution in [3.05, 3.63) is 28.5 Å². The van der Waals surface area contributed by atoms with Gasteiger partial charge in [0, 0.05) is 18.8 Å². The van der Waals surface area contributed by atoms with E-state index >= 15 is 0 Å². The van der Waals surface area contributed by atoms with E-state index in [4.69, 9.17) is 22.1 Å². The van der Waals surface area contributed by atoms with Gasteiger partial charge in [0.15, 0.2) is 0 Å². The van der Waals surface area contributed by atoms with Crippen LogP contribution in [0.25, 0.3) is 0 Å². The lowest BCUT2D eigenvalue weighted by Crippen LogP contribution is -2.29. The van der Waals surface area contributed by atoms with Crippen LogP contribution in [-0.2, 0) is 4.74 Å². The molecule has 0 bridgehead atoms. The quantitative estimate of drug-likeness (QED) is 0.855. The van der Waals surface area contributed by atoms with Crippen molar-refractivity contribution < 1.29 is 9.53 Å². The minimum Gasteiger partial charge on any atom is -0.434 e.